The average molecular weight is 456 g/mol. The van der Waals surface area contributed by atoms with Gasteiger partial charge in [0.25, 0.3) is 0 Å². The van der Waals surface area contributed by atoms with Crippen molar-refractivity contribution < 1.29 is 19.4 Å². The van der Waals surface area contributed by atoms with Crippen LogP contribution in [-0.2, 0) is 11.3 Å². The van der Waals surface area contributed by atoms with Gasteiger partial charge in [-0.05, 0) is 65.7 Å². The monoisotopic (exact) mass is 456 g/mol. The summed E-state index contributed by atoms with van der Waals surface area (Å²) in [7, 11) is 3.15. The molecule has 0 amide bonds. The fourth-order valence-electron chi connectivity index (χ4n) is 3.56. The number of carbonyl (C=O) groups is 1. The van der Waals surface area contributed by atoms with E-state index in [-0.39, 0.29) is 23.8 Å². The lowest BCUT2D eigenvalue weighted by molar-refractivity contribution is 0.104. The van der Waals surface area contributed by atoms with E-state index in [1.165, 1.54) is 10.6 Å². The molecule has 0 bridgehead atoms. The van der Waals surface area contributed by atoms with E-state index in [1.807, 2.05) is 24.3 Å². The van der Waals surface area contributed by atoms with Crippen LogP contribution in [0.3, 0.4) is 0 Å². The average Bonchev–Trinajstić information content (AvgIpc) is 3.26. The fourth-order valence-corrected chi connectivity index (χ4v) is 3.56. The second kappa shape index (κ2) is 10.1. The first-order chi connectivity index (χ1) is 16.5. The minimum absolute atomic E-state index is 0.143. The van der Waals surface area contributed by atoms with Crippen LogP contribution in [0.4, 0.5) is 0 Å². The number of aromatic hydroxyl groups is 1. The van der Waals surface area contributed by atoms with Crippen LogP contribution in [0.1, 0.15) is 21.5 Å². The van der Waals surface area contributed by atoms with Crippen LogP contribution in [0, 0.1) is 0 Å². The quantitative estimate of drug-likeness (QED) is 0.299. The number of benzene rings is 3. The zero-order chi connectivity index (χ0) is 24.1. The van der Waals surface area contributed by atoms with Crippen LogP contribution in [-0.4, -0.2) is 34.7 Å². The third kappa shape index (κ3) is 5.00. The normalized spacial score (nSPS) is 11.1. The molecule has 0 radical (unpaired) electrons. The van der Waals surface area contributed by atoms with E-state index in [0.717, 1.165) is 16.9 Å². The topological polar surface area (TPSA) is 93.5 Å². The van der Waals surface area contributed by atoms with Gasteiger partial charge < -0.3 is 19.6 Å². The highest BCUT2D eigenvalue weighted by Gasteiger charge is 2.10. The van der Waals surface area contributed by atoms with Crippen molar-refractivity contribution in [2.45, 2.75) is 6.61 Å². The molecule has 0 saturated heterocycles. The van der Waals surface area contributed by atoms with E-state index in [2.05, 4.69) is 4.98 Å². The Bertz CT molecular complexity index is 1400. The molecule has 7 nitrogen and oxygen atoms in total. The Hall–Kier alpha value is -4.36. The smallest absolute Gasteiger partial charge is 0.330 e. The van der Waals surface area contributed by atoms with Gasteiger partial charge in [0.2, 0.25) is 0 Å². The van der Waals surface area contributed by atoms with Gasteiger partial charge in [0.1, 0.15) is 11.5 Å². The van der Waals surface area contributed by atoms with Gasteiger partial charge in [-0.2, -0.15) is 0 Å². The second-order valence-electron chi connectivity index (χ2n) is 7.64. The first-order valence-electron chi connectivity index (χ1n) is 10.6. The third-order valence-corrected chi connectivity index (χ3v) is 5.36. The lowest BCUT2D eigenvalue weighted by Gasteiger charge is -2.05. The van der Waals surface area contributed by atoms with Crippen LogP contribution in [0.2, 0.25) is 0 Å². The summed E-state index contributed by atoms with van der Waals surface area (Å²) >= 11 is 0. The maximum Gasteiger partial charge on any atom is 0.330 e. The standard InChI is InChI=1S/C27H24N2O5/c1-33-17-21-14-18(7-13-26(21)31)6-12-25(30)20-4-3-5-22(15-20)29-16-24(28-27(29)32)19-8-10-23(34-2)11-9-19/h3-16,31H,17H2,1-2H3,(H,28,32)/b12-6+. The highest BCUT2D eigenvalue weighted by Crippen LogP contribution is 2.22. The van der Waals surface area contributed by atoms with Crippen molar-refractivity contribution in [1.29, 1.82) is 0 Å². The maximum atomic E-state index is 12.8. The highest BCUT2D eigenvalue weighted by atomic mass is 16.5. The minimum Gasteiger partial charge on any atom is -0.508 e. The number of carbonyl (C=O) groups excluding carboxylic acids is 1. The van der Waals surface area contributed by atoms with Gasteiger partial charge in [0.15, 0.2) is 5.78 Å². The number of hydrogen-bond acceptors (Lipinski definition) is 5. The largest absolute Gasteiger partial charge is 0.508 e. The summed E-state index contributed by atoms with van der Waals surface area (Å²) in [5, 5.41) is 9.87. The molecule has 0 aliphatic heterocycles. The van der Waals surface area contributed by atoms with Gasteiger partial charge in [-0.15, -0.1) is 0 Å². The molecule has 4 rings (SSSR count). The van der Waals surface area contributed by atoms with Gasteiger partial charge in [0.05, 0.1) is 25.1 Å². The number of ether oxygens (including phenoxy) is 2. The Morgan fingerprint density at radius 2 is 1.85 bits per heavy atom. The number of hydrogen-bond donors (Lipinski definition) is 2. The molecule has 3 aromatic carbocycles. The number of rotatable bonds is 8. The van der Waals surface area contributed by atoms with E-state index >= 15 is 0 Å². The van der Waals surface area contributed by atoms with Crippen LogP contribution in [0.5, 0.6) is 11.5 Å². The first kappa shape index (κ1) is 22.8. The predicted molar refractivity (Wildman–Crippen MR) is 131 cm³/mol. The van der Waals surface area contributed by atoms with Crippen LogP contribution in [0.15, 0.2) is 83.8 Å². The van der Waals surface area contributed by atoms with E-state index in [0.29, 0.717) is 22.5 Å². The number of methoxy groups -OCH3 is 2. The number of ketones is 1. The van der Waals surface area contributed by atoms with Crippen molar-refractivity contribution >= 4 is 11.9 Å². The Morgan fingerprint density at radius 3 is 2.59 bits per heavy atom. The van der Waals surface area contributed by atoms with Gasteiger partial charge in [0, 0.05) is 24.4 Å². The summed E-state index contributed by atoms with van der Waals surface area (Å²) in [5.41, 5.74) is 3.62. The Morgan fingerprint density at radius 1 is 1.06 bits per heavy atom. The van der Waals surface area contributed by atoms with Crippen LogP contribution in [0.25, 0.3) is 23.0 Å². The summed E-state index contributed by atoms with van der Waals surface area (Å²) < 4.78 is 11.7. The van der Waals surface area contributed by atoms with Crippen molar-refractivity contribution in [2.24, 2.45) is 0 Å². The molecule has 0 atom stereocenters. The number of aromatic nitrogens is 2. The Balaban J connectivity index is 1.57. The van der Waals surface area contributed by atoms with Gasteiger partial charge in [-0.25, -0.2) is 4.79 Å². The molecule has 0 aliphatic carbocycles. The summed E-state index contributed by atoms with van der Waals surface area (Å²) in [4.78, 5) is 28.2. The first-order valence-corrected chi connectivity index (χ1v) is 10.6. The zero-order valence-corrected chi connectivity index (χ0v) is 18.8. The van der Waals surface area contributed by atoms with Gasteiger partial charge in [-0.3, -0.25) is 9.36 Å². The number of aromatic amines is 1. The lowest BCUT2D eigenvalue weighted by atomic mass is 10.1. The Labute approximate surface area is 196 Å². The number of nitrogens with one attached hydrogen (secondary N) is 1. The molecule has 2 N–H and O–H groups in total. The van der Waals surface area contributed by atoms with Crippen LogP contribution >= 0.6 is 0 Å². The third-order valence-electron chi connectivity index (χ3n) is 5.36. The summed E-state index contributed by atoms with van der Waals surface area (Å²) in [6.07, 6.45) is 4.85. The number of allylic oxidation sites excluding steroid dienone is 1. The summed E-state index contributed by atoms with van der Waals surface area (Å²) in [6.45, 7) is 0.271. The van der Waals surface area contributed by atoms with Crippen LogP contribution < -0.4 is 10.4 Å². The molecule has 0 spiro atoms. The summed E-state index contributed by atoms with van der Waals surface area (Å²) in [5.74, 6) is 0.665. The minimum atomic E-state index is -0.305. The molecule has 7 heteroatoms. The van der Waals surface area contributed by atoms with Crippen molar-refractivity contribution in [3.63, 3.8) is 0 Å². The molecule has 1 heterocycles. The molecule has 172 valence electrons. The molecule has 0 fully saturated rings. The van der Waals surface area contributed by atoms with Crippen molar-refractivity contribution in [1.82, 2.24) is 9.55 Å². The second-order valence-corrected chi connectivity index (χ2v) is 7.64. The number of H-pyrrole nitrogens is 1. The number of imidazole rings is 1. The molecule has 4 aromatic rings. The van der Waals surface area contributed by atoms with E-state index in [4.69, 9.17) is 9.47 Å². The molecule has 0 unspecified atom stereocenters. The summed E-state index contributed by atoms with van der Waals surface area (Å²) in [6, 6.07) is 19.3. The van der Waals surface area contributed by atoms with E-state index in [9.17, 15) is 14.7 Å². The van der Waals surface area contributed by atoms with Gasteiger partial charge >= 0.3 is 5.69 Å². The van der Waals surface area contributed by atoms with E-state index in [1.54, 1.807) is 69.0 Å². The molecular formula is C27H24N2O5. The van der Waals surface area contributed by atoms with Crippen molar-refractivity contribution in [2.75, 3.05) is 14.2 Å². The highest BCUT2D eigenvalue weighted by molar-refractivity contribution is 6.07. The zero-order valence-electron chi connectivity index (χ0n) is 18.8. The maximum absolute atomic E-state index is 12.8. The molecule has 34 heavy (non-hydrogen) atoms. The molecule has 1 aromatic heterocycles. The fraction of sp³-hybridized carbons (Fsp3) is 0.111. The van der Waals surface area contributed by atoms with Crippen molar-refractivity contribution in [3.8, 4) is 28.4 Å². The SMILES string of the molecule is COCc1cc(/C=C/C(=O)c2cccc(-n3cc(-c4ccc(OC)cc4)[nH]c3=O)c2)ccc1O. The van der Waals surface area contributed by atoms with E-state index < -0.39 is 0 Å². The number of nitrogens with zero attached hydrogens (tertiary/aromatic N) is 1. The van der Waals surface area contributed by atoms with Crippen molar-refractivity contribution in [3.05, 3.63) is 106 Å². The van der Waals surface area contributed by atoms with Gasteiger partial charge in [-0.1, -0.05) is 24.3 Å². The predicted octanol–water partition coefficient (Wildman–Crippen LogP) is 4.59. The molecular weight excluding hydrogens is 432 g/mol. The Kier molecular flexibility index (Phi) is 6.75. The lowest BCUT2D eigenvalue weighted by Crippen LogP contribution is -2.14. The molecule has 0 saturated carbocycles. The molecule has 0 aliphatic rings. The number of phenols is 1. The number of phenolic OH excluding ortho intramolecular Hbond substituents is 1.